The van der Waals surface area contributed by atoms with Gasteiger partial charge in [0.2, 0.25) is 0 Å². The minimum Gasteiger partial charge on any atom is -0.481 e. The van der Waals surface area contributed by atoms with Gasteiger partial charge in [-0.15, -0.1) is 0 Å². The van der Waals surface area contributed by atoms with Gasteiger partial charge in [-0.3, -0.25) is 4.79 Å². The molecule has 0 aromatic carbocycles. The van der Waals surface area contributed by atoms with E-state index in [0.717, 1.165) is 44.9 Å². The van der Waals surface area contributed by atoms with Gasteiger partial charge in [-0.25, -0.2) is 0 Å². The fraction of sp³-hybridized carbons (Fsp3) is 0.947. The van der Waals surface area contributed by atoms with E-state index in [1.54, 1.807) is 0 Å². The van der Waals surface area contributed by atoms with E-state index in [1.165, 1.54) is 38.5 Å². The van der Waals surface area contributed by atoms with Crippen LogP contribution in [0.5, 0.6) is 0 Å². The Morgan fingerprint density at radius 3 is 1.61 bits per heavy atom. The van der Waals surface area contributed by atoms with E-state index in [2.05, 4.69) is 0 Å². The summed E-state index contributed by atoms with van der Waals surface area (Å²) >= 11 is 0. The van der Waals surface area contributed by atoms with E-state index >= 15 is 0 Å². The minimum absolute atomic E-state index is 0.248. The normalized spacial score (nSPS) is 13.9. The van der Waals surface area contributed by atoms with E-state index in [9.17, 15) is 15.0 Å². The third kappa shape index (κ3) is 17.6. The molecule has 2 unspecified atom stereocenters. The first-order valence-electron chi connectivity index (χ1n) is 9.64. The van der Waals surface area contributed by atoms with Crippen LogP contribution in [0.2, 0.25) is 0 Å². The number of hydrogen-bond donors (Lipinski definition) is 3. The zero-order valence-electron chi connectivity index (χ0n) is 15.0. The second-order valence-corrected chi connectivity index (χ2v) is 6.76. The highest BCUT2D eigenvalue weighted by Crippen LogP contribution is 2.14. The fourth-order valence-electron chi connectivity index (χ4n) is 2.80. The van der Waals surface area contributed by atoms with Crippen molar-refractivity contribution < 1.29 is 20.1 Å². The van der Waals surface area contributed by atoms with Crippen molar-refractivity contribution in [2.45, 2.75) is 115 Å². The standard InChI is InChI=1S/C19H38O4/c1-2-17(20)15-16-18(21)13-11-9-7-5-3-4-6-8-10-12-14-19(22)23/h17-18,20-21H,2-16H2,1H3,(H,22,23). The maximum atomic E-state index is 10.4. The van der Waals surface area contributed by atoms with E-state index in [1.807, 2.05) is 6.92 Å². The van der Waals surface area contributed by atoms with Crippen LogP contribution in [0.15, 0.2) is 0 Å². The molecule has 0 heterocycles. The predicted octanol–water partition coefficient (Wildman–Crippen LogP) is 4.66. The molecule has 0 radical (unpaired) electrons. The van der Waals surface area contributed by atoms with Crippen molar-refractivity contribution in [3.05, 3.63) is 0 Å². The molecule has 138 valence electrons. The lowest BCUT2D eigenvalue weighted by atomic mass is 10.0. The third-order valence-electron chi connectivity index (χ3n) is 4.48. The van der Waals surface area contributed by atoms with Crippen LogP contribution in [0.3, 0.4) is 0 Å². The molecular formula is C19H38O4. The summed E-state index contributed by atoms with van der Waals surface area (Å²) in [7, 11) is 0. The molecule has 0 aliphatic rings. The first-order valence-corrected chi connectivity index (χ1v) is 9.64. The van der Waals surface area contributed by atoms with E-state index in [0.29, 0.717) is 12.8 Å². The van der Waals surface area contributed by atoms with Gasteiger partial charge in [-0.05, 0) is 32.1 Å². The molecule has 4 heteroatoms. The summed E-state index contributed by atoms with van der Waals surface area (Å²) in [5.41, 5.74) is 0. The van der Waals surface area contributed by atoms with Crippen molar-refractivity contribution in [2.24, 2.45) is 0 Å². The molecular weight excluding hydrogens is 292 g/mol. The Hall–Kier alpha value is -0.610. The van der Waals surface area contributed by atoms with Crippen molar-refractivity contribution in [3.63, 3.8) is 0 Å². The van der Waals surface area contributed by atoms with Gasteiger partial charge in [-0.1, -0.05) is 64.7 Å². The Kier molecular flexibility index (Phi) is 15.8. The van der Waals surface area contributed by atoms with E-state index < -0.39 is 5.97 Å². The molecule has 0 saturated heterocycles. The Morgan fingerprint density at radius 1 is 0.696 bits per heavy atom. The van der Waals surface area contributed by atoms with Crippen LogP contribution in [-0.2, 0) is 4.79 Å². The Bertz CT molecular complexity index is 268. The average Bonchev–Trinajstić information content (AvgIpc) is 2.53. The van der Waals surface area contributed by atoms with Crippen molar-refractivity contribution >= 4 is 5.97 Å². The molecule has 0 saturated carbocycles. The molecule has 0 bridgehead atoms. The maximum Gasteiger partial charge on any atom is 0.303 e. The zero-order valence-corrected chi connectivity index (χ0v) is 15.0. The summed E-state index contributed by atoms with van der Waals surface area (Å²) in [6.45, 7) is 1.97. The van der Waals surface area contributed by atoms with Crippen LogP contribution in [-0.4, -0.2) is 33.5 Å². The number of aliphatic carboxylic acids is 1. The monoisotopic (exact) mass is 330 g/mol. The molecule has 0 aliphatic carbocycles. The SMILES string of the molecule is CCC(O)CCC(O)CCCCCCCCCCCCC(=O)O. The molecule has 3 N–H and O–H groups in total. The summed E-state index contributed by atoms with van der Waals surface area (Å²) in [5.74, 6) is -0.684. The van der Waals surface area contributed by atoms with Crippen LogP contribution in [0.4, 0.5) is 0 Å². The van der Waals surface area contributed by atoms with Crippen LogP contribution in [0.1, 0.15) is 103 Å². The molecule has 0 aromatic rings. The van der Waals surface area contributed by atoms with Gasteiger partial charge in [0, 0.05) is 6.42 Å². The molecule has 2 atom stereocenters. The number of carbonyl (C=O) groups is 1. The lowest BCUT2D eigenvalue weighted by Crippen LogP contribution is -2.12. The molecule has 0 amide bonds. The van der Waals surface area contributed by atoms with Crippen LogP contribution in [0, 0.1) is 0 Å². The second kappa shape index (κ2) is 16.3. The average molecular weight is 331 g/mol. The highest BCUT2D eigenvalue weighted by atomic mass is 16.4. The maximum absolute atomic E-state index is 10.4. The van der Waals surface area contributed by atoms with Crippen molar-refractivity contribution in [3.8, 4) is 0 Å². The number of aliphatic hydroxyl groups is 2. The fourth-order valence-corrected chi connectivity index (χ4v) is 2.80. The smallest absolute Gasteiger partial charge is 0.303 e. The summed E-state index contributed by atoms with van der Waals surface area (Å²) in [6, 6.07) is 0. The lowest BCUT2D eigenvalue weighted by Gasteiger charge is -2.12. The number of carboxylic acids is 1. The predicted molar refractivity (Wildman–Crippen MR) is 94.6 cm³/mol. The molecule has 0 aliphatic heterocycles. The molecule has 0 rings (SSSR count). The number of unbranched alkanes of at least 4 members (excludes halogenated alkanes) is 9. The van der Waals surface area contributed by atoms with Gasteiger partial charge in [0.1, 0.15) is 0 Å². The van der Waals surface area contributed by atoms with Gasteiger partial charge < -0.3 is 15.3 Å². The lowest BCUT2D eigenvalue weighted by molar-refractivity contribution is -0.137. The van der Waals surface area contributed by atoms with Gasteiger partial charge in [0.05, 0.1) is 12.2 Å². The molecule has 23 heavy (non-hydrogen) atoms. The van der Waals surface area contributed by atoms with Crippen LogP contribution in [0.25, 0.3) is 0 Å². The molecule has 4 nitrogen and oxygen atoms in total. The van der Waals surface area contributed by atoms with E-state index in [-0.39, 0.29) is 12.2 Å². The summed E-state index contributed by atoms with van der Waals surface area (Å²) in [5, 5.41) is 27.8. The largest absolute Gasteiger partial charge is 0.481 e. The van der Waals surface area contributed by atoms with Gasteiger partial charge in [-0.2, -0.15) is 0 Å². The first kappa shape index (κ1) is 22.4. The highest BCUT2D eigenvalue weighted by Gasteiger charge is 2.07. The second-order valence-electron chi connectivity index (χ2n) is 6.76. The number of aliphatic hydroxyl groups excluding tert-OH is 2. The van der Waals surface area contributed by atoms with Gasteiger partial charge in [0.25, 0.3) is 0 Å². The van der Waals surface area contributed by atoms with Gasteiger partial charge in [0.15, 0.2) is 0 Å². The van der Waals surface area contributed by atoms with Crippen LogP contribution < -0.4 is 0 Å². The van der Waals surface area contributed by atoms with Crippen molar-refractivity contribution in [1.29, 1.82) is 0 Å². The van der Waals surface area contributed by atoms with E-state index in [4.69, 9.17) is 5.11 Å². The number of carboxylic acid groups (broad SMARTS) is 1. The number of rotatable bonds is 17. The van der Waals surface area contributed by atoms with Crippen molar-refractivity contribution in [2.75, 3.05) is 0 Å². The summed E-state index contributed by atoms with van der Waals surface area (Å²) < 4.78 is 0. The first-order chi connectivity index (χ1) is 11.1. The molecule has 0 spiro atoms. The summed E-state index contributed by atoms with van der Waals surface area (Å²) in [4.78, 5) is 10.4. The Balaban J connectivity index is 3.17. The minimum atomic E-state index is -0.684. The zero-order chi connectivity index (χ0) is 17.3. The quantitative estimate of drug-likeness (QED) is 0.339. The van der Waals surface area contributed by atoms with Crippen molar-refractivity contribution in [1.82, 2.24) is 0 Å². The topological polar surface area (TPSA) is 77.8 Å². The third-order valence-corrected chi connectivity index (χ3v) is 4.48. The highest BCUT2D eigenvalue weighted by molar-refractivity contribution is 5.66. The molecule has 0 fully saturated rings. The molecule has 0 aromatic heterocycles. The Morgan fingerprint density at radius 2 is 1.13 bits per heavy atom. The van der Waals surface area contributed by atoms with Gasteiger partial charge >= 0.3 is 5.97 Å². The van der Waals surface area contributed by atoms with Crippen LogP contribution >= 0.6 is 0 Å². The number of hydrogen-bond acceptors (Lipinski definition) is 3. The Labute approximate surface area is 142 Å². The summed E-state index contributed by atoms with van der Waals surface area (Å²) in [6.07, 6.45) is 14.4.